The number of carbonyl (C=O) groups excluding carboxylic acids is 1. The summed E-state index contributed by atoms with van der Waals surface area (Å²) >= 11 is 7.61. The molecule has 0 aliphatic carbocycles. The van der Waals surface area contributed by atoms with Crippen LogP contribution in [-0.4, -0.2) is 55.1 Å². The number of carbonyl (C=O) groups is 1. The first-order chi connectivity index (χ1) is 15.2. The first-order valence-electron chi connectivity index (χ1n) is 10.00. The topological polar surface area (TPSA) is 93.5 Å². The molecule has 1 saturated heterocycles. The predicted molar refractivity (Wildman–Crippen MR) is 125 cm³/mol. The molecule has 1 aromatic carbocycles. The molecule has 0 bridgehead atoms. The second-order valence-electron chi connectivity index (χ2n) is 7.56. The highest BCUT2D eigenvalue weighted by Gasteiger charge is 2.24. The van der Waals surface area contributed by atoms with Crippen molar-refractivity contribution in [2.75, 3.05) is 31.0 Å². The molecule has 1 aliphatic rings. The van der Waals surface area contributed by atoms with Crippen molar-refractivity contribution in [1.29, 1.82) is 0 Å². The van der Waals surface area contributed by atoms with E-state index in [-0.39, 0.29) is 17.3 Å². The normalized spacial score (nSPS) is 14.5. The smallest absolute Gasteiger partial charge is 0.263 e. The summed E-state index contributed by atoms with van der Waals surface area (Å²) in [6, 6.07) is 6.63. The zero-order valence-corrected chi connectivity index (χ0v) is 20.1. The zero-order valence-electron chi connectivity index (χ0n) is 17.7. The number of benzene rings is 1. The highest BCUT2D eigenvalue weighted by Crippen LogP contribution is 2.30. The molecule has 11 heteroatoms. The summed E-state index contributed by atoms with van der Waals surface area (Å²) in [5.74, 6) is -0.100. The number of nitrogens with one attached hydrogen (secondary N) is 1. The van der Waals surface area contributed by atoms with Crippen LogP contribution in [0.1, 0.15) is 11.3 Å². The minimum atomic E-state index is -3.94. The third-order valence-electron chi connectivity index (χ3n) is 5.06. The molecule has 1 amide bonds. The largest absolute Gasteiger partial charge is 0.378 e. The zero-order chi connectivity index (χ0) is 22.9. The first-order valence-corrected chi connectivity index (χ1v) is 12.7. The van der Waals surface area contributed by atoms with E-state index >= 15 is 0 Å². The summed E-state index contributed by atoms with van der Waals surface area (Å²) < 4.78 is 35.7. The Morgan fingerprint density at radius 3 is 2.66 bits per heavy atom. The van der Waals surface area contributed by atoms with Gasteiger partial charge in [-0.1, -0.05) is 17.7 Å². The van der Waals surface area contributed by atoms with Crippen molar-refractivity contribution >= 4 is 44.6 Å². The van der Waals surface area contributed by atoms with E-state index in [2.05, 4.69) is 9.71 Å². The first kappa shape index (κ1) is 22.8. The number of halogens is 1. The van der Waals surface area contributed by atoms with Crippen LogP contribution in [0.25, 0.3) is 10.7 Å². The summed E-state index contributed by atoms with van der Waals surface area (Å²) in [5.41, 5.74) is 2.61. The van der Waals surface area contributed by atoms with Gasteiger partial charge in [-0.05, 0) is 37.6 Å². The Hall–Kier alpha value is -2.40. The van der Waals surface area contributed by atoms with Crippen LogP contribution in [0.5, 0.6) is 0 Å². The second-order valence-corrected chi connectivity index (χ2v) is 10.5. The maximum atomic E-state index is 13.1. The Bertz CT molecular complexity index is 1250. The summed E-state index contributed by atoms with van der Waals surface area (Å²) in [6.07, 6.45) is 1.47. The molecule has 1 N–H and O–H groups in total. The molecule has 8 nitrogen and oxygen atoms in total. The Morgan fingerprint density at radius 1 is 1.25 bits per heavy atom. The maximum Gasteiger partial charge on any atom is 0.263 e. The van der Waals surface area contributed by atoms with Crippen LogP contribution >= 0.6 is 22.9 Å². The molecule has 0 radical (unpaired) electrons. The van der Waals surface area contributed by atoms with Gasteiger partial charge in [-0.3, -0.25) is 9.52 Å². The van der Waals surface area contributed by atoms with Gasteiger partial charge in [0, 0.05) is 30.4 Å². The third-order valence-corrected chi connectivity index (χ3v) is 7.69. The number of ether oxygens (including phenoxy) is 1. The summed E-state index contributed by atoms with van der Waals surface area (Å²) in [5, 5.41) is 2.84. The van der Waals surface area contributed by atoms with Crippen LogP contribution in [0.4, 0.5) is 5.69 Å². The molecule has 0 unspecified atom stereocenters. The minimum absolute atomic E-state index is 0.00870. The number of aryl methyl sites for hydroxylation is 2. The molecule has 4 rings (SSSR count). The Balaban J connectivity index is 1.67. The number of hydrogen-bond acceptors (Lipinski definition) is 6. The van der Waals surface area contributed by atoms with Crippen LogP contribution in [-0.2, 0) is 26.1 Å². The molecule has 170 valence electrons. The number of thiazole rings is 1. The van der Waals surface area contributed by atoms with Gasteiger partial charge in [-0.25, -0.2) is 13.4 Å². The lowest BCUT2D eigenvalue weighted by Gasteiger charge is -2.27. The Kier molecular flexibility index (Phi) is 6.57. The Labute approximate surface area is 195 Å². The third kappa shape index (κ3) is 4.98. The number of aromatic nitrogens is 2. The molecule has 2 aromatic heterocycles. The number of amides is 1. The van der Waals surface area contributed by atoms with Crippen molar-refractivity contribution in [2.24, 2.45) is 0 Å². The lowest BCUT2D eigenvalue weighted by molar-refractivity contribution is -0.135. The highest BCUT2D eigenvalue weighted by molar-refractivity contribution is 7.92. The van der Waals surface area contributed by atoms with E-state index in [1.165, 1.54) is 23.6 Å². The molecule has 1 fully saturated rings. The van der Waals surface area contributed by atoms with Crippen LogP contribution < -0.4 is 4.72 Å². The number of nitrogens with zero attached hydrogens (tertiary/aromatic N) is 3. The van der Waals surface area contributed by atoms with Crippen molar-refractivity contribution in [1.82, 2.24) is 14.5 Å². The van der Waals surface area contributed by atoms with Crippen molar-refractivity contribution in [2.45, 2.75) is 25.3 Å². The van der Waals surface area contributed by atoms with Crippen molar-refractivity contribution in [3.8, 4) is 10.7 Å². The minimum Gasteiger partial charge on any atom is -0.378 e. The van der Waals surface area contributed by atoms with E-state index < -0.39 is 10.0 Å². The molecular weight excluding hydrogens is 472 g/mol. The van der Waals surface area contributed by atoms with E-state index in [1.54, 1.807) is 27.7 Å². The molecule has 0 atom stereocenters. The van der Waals surface area contributed by atoms with Gasteiger partial charge < -0.3 is 14.2 Å². The fraction of sp³-hybridized carbons (Fsp3) is 0.333. The SMILES string of the molecule is Cc1ccc(NS(=O)(=O)c2cc(-c3nc(C)cs3)n(CC(=O)N3CCOCC3)c2)c(Cl)c1. The van der Waals surface area contributed by atoms with E-state index in [9.17, 15) is 13.2 Å². The average molecular weight is 495 g/mol. The van der Waals surface area contributed by atoms with Crippen LogP contribution in [0.3, 0.4) is 0 Å². The van der Waals surface area contributed by atoms with Crippen molar-refractivity contribution in [3.63, 3.8) is 0 Å². The summed E-state index contributed by atoms with van der Waals surface area (Å²) in [7, 11) is -3.94. The average Bonchev–Trinajstić information content (AvgIpc) is 3.37. The quantitative estimate of drug-likeness (QED) is 0.565. The van der Waals surface area contributed by atoms with Crippen LogP contribution in [0.2, 0.25) is 5.02 Å². The lowest BCUT2D eigenvalue weighted by Crippen LogP contribution is -2.42. The number of anilines is 1. The van der Waals surface area contributed by atoms with Gasteiger partial charge in [0.1, 0.15) is 16.4 Å². The van der Waals surface area contributed by atoms with Crippen LogP contribution in [0.15, 0.2) is 40.7 Å². The van der Waals surface area contributed by atoms with Crippen LogP contribution in [0, 0.1) is 13.8 Å². The van der Waals surface area contributed by atoms with Gasteiger partial charge >= 0.3 is 0 Å². The van der Waals surface area contributed by atoms with Crippen molar-refractivity contribution < 1.29 is 17.9 Å². The van der Waals surface area contributed by atoms with Gasteiger partial charge in [0.15, 0.2) is 0 Å². The molecule has 3 heterocycles. The van der Waals surface area contributed by atoms with E-state index in [1.807, 2.05) is 19.2 Å². The lowest BCUT2D eigenvalue weighted by atomic mass is 10.2. The van der Waals surface area contributed by atoms with Gasteiger partial charge in [0.2, 0.25) is 5.91 Å². The van der Waals surface area contributed by atoms with Gasteiger partial charge in [0.05, 0.1) is 29.6 Å². The molecular formula is C21H23ClN4O4S2. The number of sulfonamides is 1. The molecule has 1 aliphatic heterocycles. The van der Waals surface area contributed by atoms with Gasteiger partial charge in [0.25, 0.3) is 10.0 Å². The van der Waals surface area contributed by atoms with Gasteiger partial charge in [-0.15, -0.1) is 11.3 Å². The van der Waals surface area contributed by atoms with E-state index in [0.717, 1.165) is 11.3 Å². The van der Waals surface area contributed by atoms with Crippen molar-refractivity contribution in [3.05, 3.63) is 52.1 Å². The van der Waals surface area contributed by atoms with E-state index in [0.29, 0.717) is 47.7 Å². The monoisotopic (exact) mass is 494 g/mol. The molecule has 3 aromatic rings. The summed E-state index contributed by atoms with van der Waals surface area (Å²) in [6.45, 7) is 5.78. The fourth-order valence-electron chi connectivity index (χ4n) is 3.38. The number of hydrogen-bond donors (Lipinski definition) is 1. The Morgan fingerprint density at radius 2 is 2.00 bits per heavy atom. The second kappa shape index (κ2) is 9.22. The van der Waals surface area contributed by atoms with E-state index in [4.69, 9.17) is 16.3 Å². The summed E-state index contributed by atoms with van der Waals surface area (Å²) in [4.78, 5) is 19.1. The highest BCUT2D eigenvalue weighted by atomic mass is 35.5. The number of morpholine rings is 1. The predicted octanol–water partition coefficient (Wildman–Crippen LogP) is 3.54. The van der Waals surface area contributed by atoms with Gasteiger partial charge in [-0.2, -0.15) is 0 Å². The number of rotatable bonds is 6. The molecule has 0 spiro atoms. The standard InChI is InChI=1S/C21H23ClN4O4S2/c1-14-3-4-18(17(22)9-14)24-32(28,29)16-10-19(21-23-15(2)13-31-21)26(11-16)12-20(27)25-5-7-30-8-6-25/h3-4,9-11,13,24H,5-8,12H2,1-2H3. The maximum absolute atomic E-state index is 13.1. The fourth-order valence-corrected chi connectivity index (χ4v) is 5.66. The molecule has 0 saturated carbocycles. The molecule has 32 heavy (non-hydrogen) atoms.